The molecule has 1 saturated carbocycles. The minimum Gasteiger partial charge on any atom is -0.453 e. The molecule has 4 atom stereocenters. The Kier molecular flexibility index (Phi) is 11.0. The van der Waals surface area contributed by atoms with Gasteiger partial charge < -0.3 is 35.3 Å². The quantitative estimate of drug-likeness (QED) is 0.149. The summed E-state index contributed by atoms with van der Waals surface area (Å²) in [6.07, 6.45) is 1.98. The maximum absolute atomic E-state index is 14.3. The SMILES string of the molecule is COC(=O)NC1CC1(C(=O)N1CCC[C@H]1C(=O)Nc1cc(C(=O)CNC(=O)c2ccc3nc([C@@H]4CCCN4C(=O)OC(C)(C)C)[nH]c3c2)ccc1C)c1ccccc1. The lowest BCUT2D eigenvalue weighted by molar-refractivity contribution is -0.139. The van der Waals surface area contributed by atoms with Gasteiger partial charge in [0.05, 0.1) is 42.2 Å². The molecule has 5 amide bonds. The van der Waals surface area contributed by atoms with Crippen LogP contribution in [0.1, 0.15) is 96.6 Å². The Labute approximate surface area is 336 Å². The van der Waals surface area contributed by atoms with Crippen molar-refractivity contribution in [3.05, 3.63) is 94.8 Å². The Hall–Kier alpha value is -6.25. The number of hydrogen-bond donors (Lipinski definition) is 4. The third kappa shape index (κ3) is 8.11. The van der Waals surface area contributed by atoms with Crippen molar-refractivity contribution in [3.63, 3.8) is 0 Å². The van der Waals surface area contributed by atoms with E-state index in [-0.39, 0.29) is 35.7 Å². The largest absolute Gasteiger partial charge is 0.453 e. The number of benzene rings is 3. The van der Waals surface area contributed by atoms with Gasteiger partial charge in [0.25, 0.3) is 5.91 Å². The van der Waals surface area contributed by atoms with Crippen molar-refractivity contribution in [2.75, 3.05) is 32.1 Å². The van der Waals surface area contributed by atoms with E-state index in [2.05, 4.69) is 20.9 Å². The van der Waals surface area contributed by atoms with Crippen LogP contribution in [0.15, 0.2) is 66.7 Å². The molecule has 0 spiro atoms. The van der Waals surface area contributed by atoms with Gasteiger partial charge in [-0.1, -0.05) is 42.5 Å². The molecule has 3 aliphatic rings. The number of nitrogens with one attached hydrogen (secondary N) is 4. The predicted molar refractivity (Wildman–Crippen MR) is 214 cm³/mol. The molecule has 1 aromatic heterocycles. The number of hydrogen-bond acceptors (Lipinski definition) is 9. The summed E-state index contributed by atoms with van der Waals surface area (Å²) in [5.74, 6) is -0.822. The number of fused-ring (bicyclic) bond motifs is 1. The number of carbonyl (C=O) groups is 6. The van der Waals surface area contributed by atoms with Gasteiger partial charge in [0.15, 0.2) is 5.78 Å². The van der Waals surface area contributed by atoms with Crippen LogP contribution in [-0.2, 0) is 24.5 Å². The first kappa shape index (κ1) is 40.0. The lowest BCUT2D eigenvalue weighted by Crippen LogP contribution is -2.49. The van der Waals surface area contributed by atoms with Crippen LogP contribution >= 0.6 is 0 Å². The Morgan fingerprint density at radius 2 is 1.64 bits per heavy atom. The Morgan fingerprint density at radius 3 is 2.38 bits per heavy atom. The van der Waals surface area contributed by atoms with Gasteiger partial charge in [0, 0.05) is 29.9 Å². The van der Waals surface area contributed by atoms with E-state index in [4.69, 9.17) is 14.5 Å². The molecule has 1 aliphatic carbocycles. The number of anilines is 1. The average molecular weight is 792 g/mol. The molecule has 15 heteroatoms. The number of nitrogens with zero attached hydrogens (tertiary/aromatic N) is 3. The van der Waals surface area contributed by atoms with E-state index in [0.29, 0.717) is 66.0 Å². The monoisotopic (exact) mass is 791 g/mol. The number of H-pyrrole nitrogens is 1. The number of Topliss-reactive ketones (excluding diaryl/α,β-unsaturated/α-hetero) is 1. The molecular weight excluding hydrogens is 743 g/mol. The van der Waals surface area contributed by atoms with Crippen LogP contribution in [0.3, 0.4) is 0 Å². The van der Waals surface area contributed by atoms with Crippen molar-refractivity contribution in [3.8, 4) is 0 Å². The van der Waals surface area contributed by atoms with Crippen LogP contribution in [0.2, 0.25) is 0 Å². The molecule has 304 valence electrons. The van der Waals surface area contributed by atoms with E-state index in [1.165, 1.54) is 7.11 Å². The number of ether oxygens (including phenoxy) is 2. The zero-order valence-electron chi connectivity index (χ0n) is 33.3. The number of likely N-dealkylation sites (tertiary alicyclic amines) is 2. The molecule has 0 radical (unpaired) electrons. The van der Waals surface area contributed by atoms with Crippen LogP contribution in [0.5, 0.6) is 0 Å². The van der Waals surface area contributed by atoms with E-state index in [9.17, 15) is 28.8 Å². The second-order valence-electron chi connectivity index (χ2n) is 16.2. The molecular formula is C43H49N7O8. The molecule has 4 N–H and O–H groups in total. The summed E-state index contributed by atoms with van der Waals surface area (Å²) in [5.41, 5.74) is 2.13. The van der Waals surface area contributed by atoms with Crippen LogP contribution in [-0.4, -0.2) is 99.9 Å². The minimum atomic E-state index is -1.02. The molecule has 0 bridgehead atoms. The highest BCUT2D eigenvalue weighted by atomic mass is 16.6. The predicted octanol–water partition coefficient (Wildman–Crippen LogP) is 5.55. The van der Waals surface area contributed by atoms with Crippen molar-refractivity contribution >= 4 is 52.4 Å². The topological polar surface area (TPSA) is 192 Å². The molecule has 3 heterocycles. The van der Waals surface area contributed by atoms with Gasteiger partial charge in [-0.2, -0.15) is 0 Å². The van der Waals surface area contributed by atoms with Gasteiger partial charge in [-0.05, 0) is 95.2 Å². The maximum Gasteiger partial charge on any atom is 0.410 e. The lowest BCUT2D eigenvalue weighted by Gasteiger charge is -2.29. The summed E-state index contributed by atoms with van der Waals surface area (Å²) < 4.78 is 10.4. The number of alkyl carbamates (subject to hydrolysis) is 1. The molecule has 2 saturated heterocycles. The summed E-state index contributed by atoms with van der Waals surface area (Å²) in [4.78, 5) is 90.9. The van der Waals surface area contributed by atoms with Gasteiger partial charge in [0.1, 0.15) is 17.5 Å². The Morgan fingerprint density at radius 1 is 0.914 bits per heavy atom. The number of aryl methyl sites for hydroxylation is 1. The Balaban J connectivity index is 0.985. The van der Waals surface area contributed by atoms with Crippen LogP contribution in [0, 0.1) is 6.92 Å². The first-order chi connectivity index (χ1) is 27.7. The van der Waals surface area contributed by atoms with Crippen molar-refractivity contribution in [1.29, 1.82) is 0 Å². The number of methoxy groups -OCH3 is 1. The number of ketones is 1. The van der Waals surface area contributed by atoms with Crippen molar-refractivity contribution in [1.82, 2.24) is 30.4 Å². The molecule has 58 heavy (non-hydrogen) atoms. The fourth-order valence-corrected chi connectivity index (χ4v) is 8.02. The number of carbonyl (C=O) groups excluding carboxylic acids is 6. The number of imidazole rings is 1. The fourth-order valence-electron chi connectivity index (χ4n) is 8.02. The van der Waals surface area contributed by atoms with Gasteiger partial charge in [-0.3, -0.25) is 24.1 Å². The molecule has 3 fully saturated rings. The second-order valence-corrected chi connectivity index (χ2v) is 16.2. The summed E-state index contributed by atoms with van der Waals surface area (Å²) in [7, 11) is 1.27. The van der Waals surface area contributed by atoms with Crippen LogP contribution in [0.25, 0.3) is 11.0 Å². The summed E-state index contributed by atoms with van der Waals surface area (Å²) in [6.45, 7) is 7.94. The Bertz CT molecular complexity index is 2270. The summed E-state index contributed by atoms with van der Waals surface area (Å²) in [5, 5.41) is 8.42. The third-order valence-electron chi connectivity index (χ3n) is 11.1. The second kappa shape index (κ2) is 15.9. The van der Waals surface area contributed by atoms with Gasteiger partial charge in [0.2, 0.25) is 11.8 Å². The van der Waals surface area contributed by atoms with E-state index in [1.54, 1.807) is 53.1 Å². The van der Waals surface area contributed by atoms with Crippen molar-refractivity contribution in [2.24, 2.45) is 0 Å². The number of rotatable bonds is 10. The number of amides is 5. The standard InChI is InChI=1S/C43H49N7O8/c1-25-15-16-26(21-30(25)47-38(53)33-14-10-19-49(33)39(54)43(28-11-7-6-8-12-28)23-35(43)48-40(55)57-5)34(51)24-44-37(52)27-17-18-29-31(22-27)46-36(45-29)32-13-9-20-50(32)41(56)58-42(2,3)4/h6-8,11-12,15-18,21-22,32-33,35H,9-10,13-14,19-20,23-24H2,1-5H3,(H,44,52)(H,45,46)(H,47,53)(H,48,55)/t32-,33-,35?,43?/m0/s1. The normalized spacial score (nSPS) is 21.4. The fraction of sp³-hybridized carbons (Fsp3) is 0.419. The van der Waals surface area contributed by atoms with Crippen molar-refractivity contribution < 1.29 is 38.2 Å². The van der Waals surface area contributed by atoms with Gasteiger partial charge in [-0.25, -0.2) is 14.6 Å². The summed E-state index contributed by atoms with van der Waals surface area (Å²) >= 11 is 0. The highest BCUT2D eigenvalue weighted by Gasteiger charge is 2.64. The van der Waals surface area contributed by atoms with E-state index in [1.807, 2.05) is 51.1 Å². The van der Waals surface area contributed by atoms with E-state index >= 15 is 0 Å². The molecule has 3 aromatic carbocycles. The zero-order valence-corrected chi connectivity index (χ0v) is 33.3. The minimum absolute atomic E-state index is 0.236. The zero-order chi connectivity index (χ0) is 41.4. The first-order valence-electron chi connectivity index (χ1n) is 19.6. The molecule has 2 aliphatic heterocycles. The average Bonchev–Trinajstić information content (AvgIpc) is 3.62. The highest BCUT2D eigenvalue weighted by molar-refractivity contribution is 6.05. The van der Waals surface area contributed by atoms with Crippen molar-refractivity contribution in [2.45, 2.75) is 88.9 Å². The number of aromatic amines is 1. The molecule has 15 nitrogen and oxygen atoms in total. The highest BCUT2D eigenvalue weighted by Crippen LogP contribution is 2.51. The third-order valence-corrected chi connectivity index (χ3v) is 11.1. The lowest BCUT2D eigenvalue weighted by atomic mass is 9.92. The molecule has 7 rings (SSSR count). The van der Waals surface area contributed by atoms with Crippen LogP contribution < -0.4 is 16.0 Å². The van der Waals surface area contributed by atoms with Gasteiger partial charge >= 0.3 is 12.2 Å². The van der Waals surface area contributed by atoms with Gasteiger partial charge in [-0.15, -0.1) is 0 Å². The smallest absolute Gasteiger partial charge is 0.410 e. The van der Waals surface area contributed by atoms with Crippen LogP contribution in [0.4, 0.5) is 15.3 Å². The van der Waals surface area contributed by atoms with E-state index < -0.39 is 41.2 Å². The number of aromatic nitrogens is 2. The van der Waals surface area contributed by atoms with E-state index in [0.717, 1.165) is 18.4 Å². The summed E-state index contributed by atoms with van der Waals surface area (Å²) in [6, 6.07) is 17.7. The maximum atomic E-state index is 14.3. The molecule has 2 unspecified atom stereocenters. The molecule has 4 aromatic rings. The first-order valence-corrected chi connectivity index (χ1v) is 19.6.